The third kappa shape index (κ3) is 5.32. The summed E-state index contributed by atoms with van der Waals surface area (Å²) in [4.78, 5) is -0.141. The summed E-state index contributed by atoms with van der Waals surface area (Å²) in [7, 11) is -4.25. The fraction of sp³-hybridized carbons (Fsp3) is 0.316. The first kappa shape index (κ1) is 21.9. The predicted molar refractivity (Wildman–Crippen MR) is 101 cm³/mol. The van der Waals surface area contributed by atoms with E-state index in [1.165, 1.54) is 12.1 Å². The van der Waals surface area contributed by atoms with Crippen LogP contribution in [0.5, 0.6) is 0 Å². The van der Waals surface area contributed by atoms with Crippen molar-refractivity contribution in [2.24, 2.45) is 4.40 Å². The molecule has 0 radical (unpaired) electrons. The highest BCUT2D eigenvalue weighted by atomic mass is 32.2. The minimum atomic E-state index is -4.67. The number of benzene rings is 1. The predicted octanol–water partition coefficient (Wildman–Crippen LogP) is 4.56. The van der Waals surface area contributed by atoms with Crippen molar-refractivity contribution in [2.45, 2.75) is 44.3 Å². The SMILES string of the molecule is Cc1ccc(S(=O)(=O)/N=C2\C=C(C(F)(F)F)C=C\C2=C\N(O)C(C)(C)C)cc1. The molecule has 1 aromatic carbocycles. The molecule has 0 spiro atoms. The number of sulfonamides is 1. The standard InChI is InChI=1S/C19H21F3N2O3S/c1-13-5-9-16(10-6-13)28(26,27)23-17-11-15(19(20,21)22)8-7-14(17)12-24(25)18(2,3)4/h5-12,25H,1-4H3/b14-12-,23-17+. The summed E-state index contributed by atoms with van der Waals surface area (Å²) in [6, 6.07) is 5.80. The van der Waals surface area contributed by atoms with Crippen LogP contribution in [-0.2, 0) is 10.0 Å². The van der Waals surface area contributed by atoms with E-state index in [0.717, 1.165) is 29.0 Å². The van der Waals surface area contributed by atoms with E-state index in [2.05, 4.69) is 4.40 Å². The average molecular weight is 414 g/mol. The van der Waals surface area contributed by atoms with Crippen LogP contribution in [0.25, 0.3) is 0 Å². The van der Waals surface area contributed by atoms with E-state index in [4.69, 9.17) is 0 Å². The molecule has 1 N–H and O–H groups in total. The lowest BCUT2D eigenvalue weighted by atomic mass is 10.00. The minimum absolute atomic E-state index is 0.0288. The van der Waals surface area contributed by atoms with Gasteiger partial charge >= 0.3 is 6.18 Å². The van der Waals surface area contributed by atoms with E-state index in [-0.39, 0.29) is 10.5 Å². The first-order valence-electron chi connectivity index (χ1n) is 8.29. The Hall–Kier alpha value is -2.39. The molecule has 0 aliphatic heterocycles. The number of nitrogens with zero attached hydrogens (tertiary/aromatic N) is 2. The molecule has 28 heavy (non-hydrogen) atoms. The van der Waals surface area contributed by atoms with Crippen LogP contribution in [-0.4, -0.2) is 36.1 Å². The summed E-state index contributed by atoms with van der Waals surface area (Å²) < 4.78 is 68.0. The molecule has 0 saturated carbocycles. The van der Waals surface area contributed by atoms with Gasteiger partial charge in [0.05, 0.1) is 21.7 Å². The number of allylic oxidation sites excluding steroid dienone is 5. The van der Waals surface area contributed by atoms with Gasteiger partial charge in [-0.3, -0.25) is 10.3 Å². The lowest BCUT2D eigenvalue weighted by Gasteiger charge is -2.29. The highest BCUT2D eigenvalue weighted by Crippen LogP contribution is 2.31. The maximum atomic E-state index is 13.1. The van der Waals surface area contributed by atoms with Crippen LogP contribution in [0.3, 0.4) is 0 Å². The van der Waals surface area contributed by atoms with Crippen molar-refractivity contribution >= 4 is 15.7 Å². The minimum Gasteiger partial charge on any atom is -0.288 e. The Morgan fingerprint density at radius 3 is 2.14 bits per heavy atom. The van der Waals surface area contributed by atoms with Gasteiger partial charge in [0.2, 0.25) is 0 Å². The third-order valence-electron chi connectivity index (χ3n) is 3.84. The number of aryl methyl sites for hydroxylation is 1. The number of hydroxylamine groups is 2. The molecule has 0 heterocycles. The van der Waals surface area contributed by atoms with E-state index in [9.17, 15) is 26.8 Å². The van der Waals surface area contributed by atoms with Crippen LogP contribution in [0.15, 0.2) is 69.1 Å². The summed E-state index contributed by atoms with van der Waals surface area (Å²) >= 11 is 0. The molecule has 1 aliphatic rings. The van der Waals surface area contributed by atoms with Crippen molar-refractivity contribution in [1.29, 1.82) is 0 Å². The zero-order chi connectivity index (χ0) is 21.3. The summed E-state index contributed by atoms with van der Waals surface area (Å²) in [5, 5.41) is 10.9. The molecule has 0 amide bonds. The van der Waals surface area contributed by atoms with Gasteiger partial charge in [-0.15, -0.1) is 0 Å². The Morgan fingerprint density at radius 2 is 1.64 bits per heavy atom. The number of halogens is 3. The summed E-state index contributed by atoms with van der Waals surface area (Å²) in [5.74, 6) is 0. The second-order valence-electron chi connectivity index (χ2n) is 7.30. The van der Waals surface area contributed by atoms with E-state index in [0.29, 0.717) is 6.08 Å². The molecular weight excluding hydrogens is 393 g/mol. The van der Waals surface area contributed by atoms with Crippen LogP contribution in [0.1, 0.15) is 26.3 Å². The molecule has 0 fully saturated rings. The second kappa shape index (κ2) is 7.56. The van der Waals surface area contributed by atoms with Crippen molar-refractivity contribution in [3.63, 3.8) is 0 Å². The van der Waals surface area contributed by atoms with Gasteiger partial charge in [0.15, 0.2) is 0 Å². The molecule has 152 valence electrons. The molecule has 9 heteroatoms. The fourth-order valence-corrected chi connectivity index (χ4v) is 3.13. The molecule has 0 saturated heterocycles. The van der Waals surface area contributed by atoms with Crippen LogP contribution in [0.4, 0.5) is 13.2 Å². The molecule has 5 nitrogen and oxygen atoms in total. The quantitative estimate of drug-likeness (QED) is 0.737. The molecule has 0 unspecified atom stereocenters. The van der Waals surface area contributed by atoms with Crippen LogP contribution in [0.2, 0.25) is 0 Å². The maximum Gasteiger partial charge on any atom is 0.416 e. The summed E-state index contributed by atoms with van der Waals surface area (Å²) in [5.41, 5.74) is -1.36. The first-order chi connectivity index (χ1) is 12.7. The first-order valence-corrected chi connectivity index (χ1v) is 9.73. The molecule has 1 aliphatic carbocycles. The van der Waals surface area contributed by atoms with Crippen molar-refractivity contribution in [1.82, 2.24) is 5.06 Å². The number of rotatable bonds is 3. The van der Waals surface area contributed by atoms with E-state index >= 15 is 0 Å². The van der Waals surface area contributed by atoms with Crippen molar-refractivity contribution in [2.75, 3.05) is 0 Å². The Labute approximate surface area is 162 Å². The summed E-state index contributed by atoms with van der Waals surface area (Å²) in [6.45, 7) is 6.80. The average Bonchev–Trinajstić information content (AvgIpc) is 2.54. The van der Waals surface area contributed by atoms with E-state index in [1.807, 2.05) is 0 Å². The van der Waals surface area contributed by atoms with Crippen molar-refractivity contribution in [3.05, 3.63) is 65.4 Å². The Morgan fingerprint density at radius 1 is 1.07 bits per heavy atom. The van der Waals surface area contributed by atoms with Crippen LogP contribution in [0, 0.1) is 6.92 Å². The van der Waals surface area contributed by atoms with Gasteiger partial charge in [0.1, 0.15) is 0 Å². The second-order valence-corrected chi connectivity index (χ2v) is 8.90. The smallest absolute Gasteiger partial charge is 0.288 e. The lowest BCUT2D eigenvalue weighted by Crippen LogP contribution is -2.35. The Balaban J connectivity index is 2.59. The lowest BCUT2D eigenvalue weighted by molar-refractivity contribution is -0.110. The highest BCUT2D eigenvalue weighted by molar-refractivity contribution is 7.90. The Kier molecular flexibility index (Phi) is 5.91. The van der Waals surface area contributed by atoms with Crippen molar-refractivity contribution < 1.29 is 26.8 Å². The summed E-state index contributed by atoms with van der Waals surface area (Å²) in [6.07, 6.45) is -1.00. The van der Waals surface area contributed by atoms with Gasteiger partial charge in [-0.1, -0.05) is 23.8 Å². The van der Waals surface area contributed by atoms with Gasteiger partial charge in [-0.05, 0) is 52.0 Å². The zero-order valence-electron chi connectivity index (χ0n) is 15.8. The topological polar surface area (TPSA) is 70.0 Å². The van der Waals surface area contributed by atoms with E-state index in [1.54, 1.807) is 39.8 Å². The highest BCUT2D eigenvalue weighted by Gasteiger charge is 2.34. The maximum absolute atomic E-state index is 13.1. The molecule has 1 aromatic rings. The van der Waals surface area contributed by atoms with E-state index < -0.39 is 33.0 Å². The number of hydrogen-bond donors (Lipinski definition) is 1. The number of alkyl halides is 3. The molecular formula is C19H21F3N2O3S. The molecule has 0 atom stereocenters. The van der Waals surface area contributed by atoms with Gasteiger partial charge in [0.25, 0.3) is 10.0 Å². The van der Waals surface area contributed by atoms with Gasteiger partial charge < -0.3 is 0 Å². The van der Waals surface area contributed by atoms with Crippen LogP contribution >= 0.6 is 0 Å². The van der Waals surface area contributed by atoms with Crippen LogP contribution < -0.4 is 0 Å². The van der Waals surface area contributed by atoms with Crippen molar-refractivity contribution in [3.8, 4) is 0 Å². The molecule has 0 aromatic heterocycles. The normalized spacial score (nSPS) is 18.5. The van der Waals surface area contributed by atoms with Gasteiger partial charge in [-0.2, -0.15) is 26.0 Å². The Bertz CT molecular complexity index is 965. The fourth-order valence-electron chi connectivity index (χ4n) is 2.13. The zero-order valence-corrected chi connectivity index (χ0v) is 16.6. The monoisotopic (exact) mass is 414 g/mol. The molecule has 2 rings (SSSR count). The van der Waals surface area contributed by atoms with Gasteiger partial charge in [-0.25, -0.2) is 0 Å². The van der Waals surface area contributed by atoms with Gasteiger partial charge in [0, 0.05) is 11.8 Å². The number of hydrogen-bond acceptors (Lipinski definition) is 4. The largest absolute Gasteiger partial charge is 0.416 e. The molecule has 0 bridgehead atoms. The third-order valence-corrected chi connectivity index (χ3v) is 5.15.